The average molecular weight is 605 g/mol. The first kappa shape index (κ1) is 29.0. The van der Waals surface area contributed by atoms with Crippen molar-refractivity contribution in [3.8, 4) is 11.5 Å². The second-order valence-electron chi connectivity index (χ2n) is 8.87. The third-order valence-corrected chi connectivity index (χ3v) is 8.35. The van der Waals surface area contributed by atoms with Gasteiger partial charge in [0.1, 0.15) is 18.2 Å². The summed E-state index contributed by atoms with van der Waals surface area (Å²) in [4.78, 5) is 32.2. The number of carbonyl (C=O) groups excluding carboxylic acids is 2. The standard InChI is InChI=1S/C30H25FN4O5S2/c1-3-15-40-22-10-9-19(16-23(22)39-4-2)25-24(26(36)18-11-13-32-14-12-18)27(37)28(38)35(25)29-33-34-30(42-29)41-17-20-7-5-6-8-21(20)31/h3,5-14,16,25,36H,1,4,15,17H2,2H3. The van der Waals surface area contributed by atoms with Crippen LogP contribution in [0.5, 0.6) is 11.5 Å². The number of aromatic nitrogens is 3. The molecule has 214 valence electrons. The van der Waals surface area contributed by atoms with Crippen LogP contribution in [-0.4, -0.2) is 45.2 Å². The highest BCUT2D eigenvalue weighted by Gasteiger charge is 2.48. The van der Waals surface area contributed by atoms with Gasteiger partial charge in [-0.25, -0.2) is 4.39 Å². The summed E-state index contributed by atoms with van der Waals surface area (Å²) >= 11 is 2.35. The zero-order chi connectivity index (χ0) is 29.6. The maximum atomic E-state index is 14.1. The number of ketones is 1. The number of aliphatic hydroxyl groups excluding tert-OH is 1. The third kappa shape index (κ3) is 5.90. The Hall–Kier alpha value is -4.55. The molecule has 5 rings (SSSR count). The molecule has 0 radical (unpaired) electrons. The minimum Gasteiger partial charge on any atom is -0.507 e. The van der Waals surface area contributed by atoms with E-state index in [0.29, 0.717) is 44.9 Å². The van der Waals surface area contributed by atoms with Gasteiger partial charge in [-0.15, -0.1) is 10.2 Å². The van der Waals surface area contributed by atoms with Crippen molar-refractivity contribution < 1.29 is 28.6 Å². The number of amides is 1. The number of carbonyl (C=O) groups is 2. The number of rotatable bonds is 11. The number of pyridine rings is 1. The lowest BCUT2D eigenvalue weighted by atomic mass is 9.95. The van der Waals surface area contributed by atoms with Crippen LogP contribution in [0.15, 0.2) is 89.6 Å². The molecule has 3 heterocycles. The molecular weight excluding hydrogens is 579 g/mol. The van der Waals surface area contributed by atoms with E-state index in [1.807, 2.05) is 6.92 Å². The molecule has 4 aromatic rings. The van der Waals surface area contributed by atoms with Crippen LogP contribution in [0.25, 0.3) is 5.76 Å². The second-order valence-corrected chi connectivity index (χ2v) is 11.1. The highest BCUT2D eigenvalue weighted by Crippen LogP contribution is 2.45. The fraction of sp³-hybridized carbons (Fsp3) is 0.167. The van der Waals surface area contributed by atoms with Crippen LogP contribution < -0.4 is 14.4 Å². The fourth-order valence-corrected chi connectivity index (χ4v) is 6.21. The van der Waals surface area contributed by atoms with Gasteiger partial charge in [0.05, 0.1) is 18.2 Å². The Bertz CT molecular complexity index is 1660. The number of Topliss-reactive ketones (excluding diaryl/α,β-unsaturated/α-hetero) is 1. The van der Waals surface area contributed by atoms with Crippen molar-refractivity contribution in [2.75, 3.05) is 18.1 Å². The van der Waals surface area contributed by atoms with E-state index in [1.54, 1.807) is 54.6 Å². The first-order valence-corrected chi connectivity index (χ1v) is 14.6. The maximum Gasteiger partial charge on any atom is 0.301 e. The van der Waals surface area contributed by atoms with Crippen LogP contribution in [0.4, 0.5) is 9.52 Å². The van der Waals surface area contributed by atoms with Gasteiger partial charge in [0, 0.05) is 23.7 Å². The molecule has 1 N–H and O–H groups in total. The summed E-state index contributed by atoms with van der Waals surface area (Å²) in [5.41, 5.74) is 1.18. The zero-order valence-electron chi connectivity index (χ0n) is 22.4. The number of ether oxygens (including phenoxy) is 2. The molecule has 2 aromatic carbocycles. The molecule has 2 aromatic heterocycles. The lowest BCUT2D eigenvalue weighted by Gasteiger charge is -2.23. The topological polar surface area (TPSA) is 115 Å². The summed E-state index contributed by atoms with van der Waals surface area (Å²) in [7, 11) is 0. The van der Waals surface area contributed by atoms with Gasteiger partial charge in [-0.2, -0.15) is 0 Å². The molecule has 1 aliphatic rings. The predicted molar refractivity (Wildman–Crippen MR) is 158 cm³/mol. The Balaban J connectivity index is 1.58. The van der Waals surface area contributed by atoms with E-state index in [4.69, 9.17) is 9.47 Å². The van der Waals surface area contributed by atoms with Gasteiger partial charge in [-0.1, -0.05) is 60.0 Å². The van der Waals surface area contributed by atoms with E-state index in [0.717, 1.165) is 11.3 Å². The summed E-state index contributed by atoms with van der Waals surface area (Å²) in [6.07, 6.45) is 4.55. The molecule has 0 bridgehead atoms. The minimum atomic E-state index is -1.05. The summed E-state index contributed by atoms with van der Waals surface area (Å²) < 4.78 is 26.1. The quantitative estimate of drug-likeness (QED) is 0.0554. The Labute approximate surface area is 249 Å². The maximum absolute atomic E-state index is 14.1. The molecule has 1 aliphatic heterocycles. The van der Waals surface area contributed by atoms with Crippen molar-refractivity contribution in [2.45, 2.75) is 23.1 Å². The predicted octanol–water partition coefficient (Wildman–Crippen LogP) is 5.95. The second kappa shape index (κ2) is 13.0. The molecule has 42 heavy (non-hydrogen) atoms. The Morgan fingerprint density at radius 1 is 1.12 bits per heavy atom. The number of thioether (sulfide) groups is 1. The molecule has 0 spiro atoms. The van der Waals surface area contributed by atoms with Gasteiger partial charge in [-0.05, 0) is 48.4 Å². The molecule has 9 nitrogen and oxygen atoms in total. The van der Waals surface area contributed by atoms with E-state index < -0.39 is 17.7 Å². The van der Waals surface area contributed by atoms with Gasteiger partial charge in [0.15, 0.2) is 15.8 Å². The highest BCUT2D eigenvalue weighted by atomic mass is 32.2. The highest BCUT2D eigenvalue weighted by molar-refractivity contribution is 8.00. The Kier molecular flexibility index (Phi) is 8.94. The lowest BCUT2D eigenvalue weighted by molar-refractivity contribution is -0.132. The normalized spacial score (nSPS) is 16.0. The van der Waals surface area contributed by atoms with Gasteiger partial charge in [0.25, 0.3) is 5.78 Å². The Morgan fingerprint density at radius 3 is 2.64 bits per heavy atom. The Morgan fingerprint density at radius 2 is 1.90 bits per heavy atom. The smallest absolute Gasteiger partial charge is 0.301 e. The van der Waals surface area contributed by atoms with Crippen molar-refractivity contribution >= 4 is 45.7 Å². The third-order valence-electron chi connectivity index (χ3n) is 6.25. The van der Waals surface area contributed by atoms with Crippen molar-refractivity contribution in [1.82, 2.24) is 15.2 Å². The average Bonchev–Trinajstić information content (AvgIpc) is 3.58. The fourth-order valence-electron chi connectivity index (χ4n) is 4.35. The molecule has 1 atom stereocenters. The van der Waals surface area contributed by atoms with Crippen LogP contribution in [0.1, 0.15) is 29.7 Å². The van der Waals surface area contributed by atoms with Crippen LogP contribution in [-0.2, 0) is 15.3 Å². The summed E-state index contributed by atoms with van der Waals surface area (Å²) in [5, 5.41) is 19.8. The number of anilines is 1. The van der Waals surface area contributed by atoms with Gasteiger partial charge < -0.3 is 14.6 Å². The van der Waals surface area contributed by atoms with E-state index in [-0.39, 0.29) is 28.9 Å². The molecular formula is C30H25FN4O5S2. The SMILES string of the molecule is C=CCOc1ccc(C2C(=C(O)c3ccncc3)C(=O)C(=O)N2c2nnc(SCc3ccccc3F)s2)cc1OCC. The molecule has 0 saturated carbocycles. The molecule has 1 unspecified atom stereocenters. The van der Waals surface area contributed by atoms with Gasteiger partial charge >= 0.3 is 5.91 Å². The van der Waals surface area contributed by atoms with E-state index in [2.05, 4.69) is 21.8 Å². The van der Waals surface area contributed by atoms with Crippen LogP contribution in [0.2, 0.25) is 0 Å². The number of hydrogen-bond donors (Lipinski definition) is 1. The van der Waals surface area contributed by atoms with Gasteiger partial charge in [0.2, 0.25) is 5.13 Å². The summed E-state index contributed by atoms with van der Waals surface area (Å²) in [6, 6.07) is 13.5. The van der Waals surface area contributed by atoms with Crippen molar-refractivity contribution in [3.05, 3.63) is 108 Å². The van der Waals surface area contributed by atoms with Crippen LogP contribution in [0.3, 0.4) is 0 Å². The minimum absolute atomic E-state index is 0.121. The largest absolute Gasteiger partial charge is 0.507 e. The molecule has 1 fully saturated rings. The number of nitrogens with zero attached hydrogens (tertiary/aromatic N) is 4. The molecule has 1 saturated heterocycles. The van der Waals surface area contributed by atoms with Gasteiger partial charge in [-0.3, -0.25) is 19.5 Å². The first-order valence-electron chi connectivity index (χ1n) is 12.8. The van der Waals surface area contributed by atoms with Crippen molar-refractivity contribution in [1.29, 1.82) is 0 Å². The molecule has 12 heteroatoms. The van der Waals surface area contributed by atoms with Crippen molar-refractivity contribution in [2.24, 2.45) is 0 Å². The summed E-state index contributed by atoms with van der Waals surface area (Å²) in [6.45, 7) is 6.08. The molecule has 0 aliphatic carbocycles. The summed E-state index contributed by atoms with van der Waals surface area (Å²) in [5.74, 6) is -1.29. The number of benzene rings is 2. The lowest BCUT2D eigenvalue weighted by Crippen LogP contribution is -2.29. The van der Waals surface area contributed by atoms with Crippen LogP contribution in [0, 0.1) is 5.82 Å². The first-order chi connectivity index (χ1) is 20.4. The monoisotopic (exact) mass is 604 g/mol. The van der Waals surface area contributed by atoms with E-state index >= 15 is 0 Å². The van der Waals surface area contributed by atoms with E-state index in [9.17, 15) is 19.1 Å². The van der Waals surface area contributed by atoms with Crippen molar-refractivity contribution in [3.63, 3.8) is 0 Å². The number of hydrogen-bond acceptors (Lipinski definition) is 10. The molecule has 1 amide bonds. The van der Waals surface area contributed by atoms with Crippen LogP contribution >= 0.6 is 23.1 Å². The number of halogens is 1. The zero-order valence-corrected chi connectivity index (χ0v) is 24.0. The van der Waals surface area contributed by atoms with E-state index in [1.165, 1.54) is 35.1 Å². The number of aliphatic hydroxyl groups is 1.